The average molecular weight is 352 g/mol. The van der Waals surface area contributed by atoms with E-state index >= 15 is 0 Å². The van der Waals surface area contributed by atoms with Crippen LogP contribution in [0.1, 0.15) is 12.8 Å². The molecule has 86 valence electrons. The first-order valence-electron chi connectivity index (χ1n) is 5.04. The van der Waals surface area contributed by atoms with Crippen LogP contribution in [0.3, 0.4) is 0 Å². The summed E-state index contributed by atoms with van der Waals surface area (Å²) in [5.74, 6) is -0.0715. The van der Waals surface area contributed by atoms with Gasteiger partial charge in [0.05, 0.1) is 5.69 Å². The van der Waals surface area contributed by atoms with Crippen molar-refractivity contribution in [2.45, 2.75) is 18.9 Å². The standard InChI is InChI=1S/C11H11ClINO2/c12-7-3-4-9(8(13)6-7)14-11(15)10-2-1-5-16-10/h3-4,6,10H,1-2,5H2,(H,14,15)/t10-/m0/s1. The third kappa shape index (κ3) is 2.87. The van der Waals surface area contributed by atoms with Gasteiger partial charge in [0, 0.05) is 15.2 Å². The van der Waals surface area contributed by atoms with E-state index in [4.69, 9.17) is 16.3 Å². The summed E-state index contributed by atoms with van der Waals surface area (Å²) in [6, 6.07) is 5.37. The normalized spacial score (nSPS) is 19.8. The summed E-state index contributed by atoms with van der Waals surface area (Å²) in [7, 11) is 0. The number of amides is 1. The Morgan fingerprint density at radius 2 is 2.38 bits per heavy atom. The van der Waals surface area contributed by atoms with Gasteiger partial charge in [-0.2, -0.15) is 0 Å². The lowest BCUT2D eigenvalue weighted by atomic mass is 10.2. The quantitative estimate of drug-likeness (QED) is 0.832. The number of carbonyl (C=O) groups excluding carboxylic acids is 1. The van der Waals surface area contributed by atoms with Gasteiger partial charge in [-0.15, -0.1) is 0 Å². The molecule has 1 aromatic carbocycles. The first-order chi connectivity index (χ1) is 7.66. The van der Waals surface area contributed by atoms with E-state index in [9.17, 15) is 4.79 Å². The molecule has 1 fully saturated rings. The lowest BCUT2D eigenvalue weighted by Crippen LogP contribution is -2.27. The Bertz CT molecular complexity index is 405. The molecule has 0 saturated carbocycles. The fourth-order valence-electron chi connectivity index (χ4n) is 1.59. The van der Waals surface area contributed by atoms with Crippen molar-refractivity contribution in [3.8, 4) is 0 Å². The minimum atomic E-state index is -0.300. The maximum Gasteiger partial charge on any atom is 0.253 e. The molecule has 0 spiro atoms. The second-order valence-electron chi connectivity index (χ2n) is 3.62. The summed E-state index contributed by atoms with van der Waals surface area (Å²) in [6.07, 6.45) is 1.46. The average Bonchev–Trinajstić information content (AvgIpc) is 2.75. The highest BCUT2D eigenvalue weighted by molar-refractivity contribution is 14.1. The number of carbonyl (C=O) groups is 1. The van der Waals surface area contributed by atoms with Crippen LogP contribution in [-0.4, -0.2) is 18.6 Å². The second kappa shape index (κ2) is 5.33. The SMILES string of the molecule is O=C(Nc1ccc(Cl)cc1I)[C@@H]1CCCO1. The van der Waals surface area contributed by atoms with Gasteiger partial charge >= 0.3 is 0 Å². The van der Waals surface area contributed by atoms with Gasteiger partial charge in [0.25, 0.3) is 5.91 Å². The number of anilines is 1. The summed E-state index contributed by atoms with van der Waals surface area (Å²) < 4.78 is 6.24. The molecule has 0 radical (unpaired) electrons. The molecule has 0 unspecified atom stereocenters. The van der Waals surface area contributed by atoms with Crippen LogP contribution in [0.5, 0.6) is 0 Å². The summed E-state index contributed by atoms with van der Waals surface area (Å²) in [6.45, 7) is 0.676. The van der Waals surface area contributed by atoms with Gasteiger partial charge in [0.2, 0.25) is 0 Å². The Morgan fingerprint density at radius 3 is 3.00 bits per heavy atom. The van der Waals surface area contributed by atoms with Crippen LogP contribution >= 0.6 is 34.2 Å². The lowest BCUT2D eigenvalue weighted by Gasteiger charge is -2.11. The Labute approximate surface area is 113 Å². The van der Waals surface area contributed by atoms with E-state index in [-0.39, 0.29) is 12.0 Å². The molecular weight excluding hydrogens is 340 g/mol. The van der Waals surface area contributed by atoms with Crippen LogP contribution in [0.25, 0.3) is 0 Å². The van der Waals surface area contributed by atoms with E-state index < -0.39 is 0 Å². The number of halogens is 2. The zero-order chi connectivity index (χ0) is 11.5. The topological polar surface area (TPSA) is 38.3 Å². The first-order valence-corrected chi connectivity index (χ1v) is 6.50. The molecule has 1 heterocycles. The van der Waals surface area contributed by atoms with Gasteiger partial charge in [-0.1, -0.05) is 11.6 Å². The summed E-state index contributed by atoms with van der Waals surface area (Å²) in [5.41, 5.74) is 0.783. The van der Waals surface area contributed by atoms with Crippen LogP contribution in [0.4, 0.5) is 5.69 Å². The molecule has 5 heteroatoms. The molecule has 1 aromatic rings. The van der Waals surface area contributed by atoms with E-state index in [1.807, 2.05) is 6.07 Å². The molecule has 1 aliphatic heterocycles. The van der Waals surface area contributed by atoms with Crippen molar-refractivity contribution in [2.75, 3.05) is 11.9 Å². The smallest absolute Gasteiger partial charge is 0.253 e. The van der Waals surface area contributed by atoms with E-state index in [1.54, 1.807) is 12.1 Å². The molecule has 1 atom stereocenters. The Kier molecular flexibility index (Phi) is 4.05. The Morgan fingerprint density at radius 1 is 1.56 bits per heavy atom. The van der Waals surface area contributed by atoms with Crippen LogP contribution < -0.4 is 5.32 Å². The fourth-order valence-corrected chi connectivity index (χ4v) is 2.59. The number of rotatable bonds is 2. The molecular formula is C11H11ClINO2. The van der Waals surface area contributed by atoms with Gasteiger partial charge in [0.15, 0.2) is 0 Å². The highest BCUT2D eigenvalue weighted by atomic mass is 127. The van der Waals surface area contributed by atoms with Crippen LogP contribution in [0.2, 0.25) is 5.02 Å². The largest absolute Gasteiger partial charge is 0.368 e. The summed E-state index contributed by atoms with van der Waals surface area (Å²) in [5, 5.41) is 3.52. The van der Waals surface area contributed by atoms with Gasteiger partial charge in [0.1, 0.15) is 6.10 Å². The van der Waals surface area contributed by atoms with Crippen molar-refractivity contribution in [3.63, 3.8) is 0 Å². The van der Waals surface area contributed by atoms with Crippen LogP contribution in [-0.2, 0) is 9.53 Å². The molecule has 0 aromatic heterocycles. The molecule has 1 aliphatic rings. The van der Waals surface area contributed by atoms with Gasteiger partial charge in [-0.25, -0.2) is 0 Å². The highest BCUT2D eigenvalue weighted by Crippen LogP contribution is 2.23. The van der Waals surface area contributed by atoms with E-state index in [0.717, 1.165) is 22.1 Å². The van der Waals surface area contributed by atoms with Gasteiger partial charge in [-0.05, 0) is 53.6 Å². The minimum Gasteiger partial charge on any atom is -0.368 e. The zero-order valence-corrected chi connectivity index (χ0v) is 11.4. The second-order valence-corrected chi connectivity index (χ2v) is 5.21. The number of ether oxygens (including phenoxy) is 1. The third-order valence-corrected chi connectivity index (χ3v) is 3.54. The predicted octanol–water partition coefficient (Wildman–Crippen LogP) is 3.06. The summed E-state index contributed by atoms with van der Waals surface area (Å²) >= 11 is 7.98. The molecule has 1 amide bonds. The highest BCUT2D eigenvalue weighted by Gasteiger charge is 2.23. The molecule has 0 aliphatic carbocycles. The predicted molar refractivity (Wildman–Crippen MR) is 71.8 cm³/mol. The van der Waals surface area contributed by atoms with Crippen LogP contribution in [0.15, 0.2) is 18.2 Å². The maximum absolute atomic E-state index is 11.8. The van der Waals surface area contributed by atoms with Crippen LogP contribution in [0, 0.1) is 3.57 Å². The number of hydrogen-bond donors (Lipinski definition) is 1. The lowest BCUT2D eigenvalue weighted by molar-refractivity contribution is -0.124. The van der Waals surface area contributed by atoms with Gasteiger partial charge in [-0.3, -0.25) is 4.79 Å². The molecule has 0 bridgehead atoms. The van der Waals surface area contributed by atoms with Crippen molar-refractivity contribution >= 4 is 45.8 Å². The van der Waals surface area contributed by atoms with Crippen molar-refractivity contribution < 1.29 is 9.53 Å². The number of nitrogens with one attached hydrogen (secondary N) is 1. The number of benzene rings is 1. The Hall–Kier alpha value is -0.330. The van der Waals surface area contributed by atoms with E-state index in [0.29, 0.717) is 11.6 Å². The molecule has 2 rings (SSSR count). The first kappa shape index (κ1) is 12.1. The Balaban J connectivity index is 2.05. The van der Waals surface area contributed by atoms with E-state index in [1.165, 1.54) is 0 Å². The molecule has 1 N–H and O–H groups in total. The van der Waals surface area contributed by atoms with Crippen molar-refractivity contribution in [2.24, 2.45) is 0 Å². The third-order valence-electron chi connectivity index (χ3n) is 2.41. The molecule has 16 heavy (non-hydrogen) atoms. The molecule has 3 nitrogen and oxygen atoms in total. The van der Waals surface area contributed by atoms with Gasteiger partial charge < -0.3 is 10.1 Å². The van der Waals surface area contributed by atoms with Crippen molar-refractivity contribution in [1.29, 1.82) is 0 Å². The minimum absolute atomic E-state index is 0.0715. The maximum atomic E-state index is 11.8. The monoisotopic (exact) mass is 351 g/mol. The van der Waals surface area contributed by atoms with E-state index in [2.05, 4.69) is 27.9 Å². The summed E-state index contributed by atoms with van der Waals surface area (Å²) in [4.78, 5) is 11.8. The number of hydrogen-bond acceptors (Lipinski definition) is 2. The van der Waals surface area contributed by atoms with Crippen molar-refractivity contribution in [1.82, 2.24) is 0 Å². The zero-order valence-electron chi connectivity index (χ0n) is 8.50. The van der Waals surface area contributed by atoms with Crippen molar-refractivity contribution in [3.05, 3.63) is 26.8 Å². The molecule has 1 saturated heterocycles. The fraction of sp³-hybridized carbons (Fsp3) is 0.364.